The number of anilines is 1. The first kappa shape index (κ1) is 16.3. The lowest BCUT2D eigenvalue weighted by molar-refractivity contribution is -0.274. The van der Waals surface area contributed by atoms with Gasteiger partial charge in [0.1, 0.15) is 5.75 Å². The Morgan fingerprint density at radius 1 is 0.957 bits per heavy atom. The Bertz CT molecular complexity index is 727. The third-order valence-corrected chi connectivity index (χ3v) is 2.78. The van der Waals surface area contributed by atoms with Gasteiger partial charge in [-0.05, 0) is 36.4 Å². The number of amides is 2. The van der Waals surface area contributed by atoms with Crippen LogP contribution in [-0.4, -0.2) is 18.2 Å². The van der Waals surface area contributed by atoms with Gasteiger partial charge in [-0.25, -0.2) is 0 Å². The van der Waals surface area contributed by atoms with Gasteiger partial charge in [0.25, 0.3) is 5.91 Å². The average molecular weight is 324 g/mol. The molecule has 2 rings (SSSR count). The SMILES string of the molecule is NC(=O)c1ccccc1C(=O)Nc1ccc(OC(F)(F)F)cc1. The number of hydrogen-bond donors (Lipinski definition) is 2. The molecule has 23 heavy (non-hydrogen) atoms. The summed E-state index contributed by atoms with van der Waals surface area (Å²) < 4.78 is 39.9. The molecule has 0 heterocycles. The normalized spacial score (nSPS) is 10.9. The minimum Gasteiger partial charge on any atom is -0.406 e. The van der Waals surface area contributed by atoms with E-state index in [0.29, 0.717) is 0 Å². The Hall–Kier alpha value is -3.03. The van der Waals surface area contributed by atoms with Crippen molar-refractivity contribution < 1.29 is 27.5 Å². The van der Waals surface area contributed by atoms with Crippen LogP contribution in [0.3, 0.4) is 0 Å². The van der Waals surface area contributed by atoms with Crippen LogP contribution in [-0.2, 0) is 0 Å². The highest BCUT2D eigenvalue weighted by molar-refractivity contribution is 6.11. The van der Waals surface area contributed by atoms with Crippen LogP contribution in [0.1, 0.15) is 20.7 Å². The van der Waals surface area contributed by atoms with Crippen LogP contribution in [0.2, 0.25) is 0 Å². The minimum absolute atomic E-state index is 0.0435. The fourth-order valence-electron chi connectivity index (χ4n) is 1.83. The fourth-order valence-corrected chi connectivity index (χ4v) is 1.83. The van der Waals surface area contributed by atoms with Gasteiger partial charge in [-0.2, -0.15) is 0 Å². The molecule has 0 aliphatic carbocycles. The summed E-state index contributed by atoms with van der Waals surface area (Å²) in [6, 6.07) is 10.5. The maximum absolute atomic E-state index is 12.1. The van der Waals surface area contributed by atoms with Gasteiger partial charge < -0.3 is 15.8 Å². The summed E-state index contributed by atoms with van der Waals surface area (Å²) in [4.78, 5) is 23.4. The number of nitrogens with two attached hydrogens (primary N) is 1. The monoisotopic (exact) mass is 324 g/mol. The zero-order valence-corrected chi connectivity index (χ0v) is 11.6. The Labute approximate surface area is 128 Å². The van der Waals surface area contributed by atoms with Crippen molar-refractivity contribution in [2.75, 3.05) is 5.32 Å². The lowest BCUT2D eigenvalue weighted by Crippen LogP contribution is -2.20. The number of carbonyl (C=O) groups is 2. The second-order valence-corrected chi connectivity index (χ2v) is 4.44. The van der Waals surface area contributed by atoms with Gasteiger partial charge in [0.15, 0.2) is 0 Å². The lowest BCUT2D eigenvalue weighted by Gasteiger charge is -2.10. The van der Waals surface area contributed by atoms with E-state index >= 15 is 0 Å². The van der Waals surface area contributed by atoms with Gasteiger partial charge in [-0.1, -0.05) is 12.1 Å². The summed E-state index contributed by atoms with van der Waals surface area (Å²) in [5.74, 6) is -1.78. The van der Waals surface area contributed by atoms with E-state index in [-0.39, 0.29) is 16.8 Å². The summed E-state index contributed by atoms with van der Waals surface area (Å²) in [7, 11) is 0. The summed E-state index contributed by atoms with van der Waals surface area (Å²) in [6.45, 7) is 0. The van der Waals surface area contributed by atoms with E-state index in [1.165, 1.54) is 24.3 Å². The molecule has 120 valence electrons. The number of hydrogen-bond acceptors (Lipinski definition) is 3. The summed E-state index contributed by atoms with van der Waals surface area (Å²) in [5, 5.41) is 2.46. The molecular weight excluding hydrogens is 313 g/mol. The Morgan fingerprint density at radius 3 is 2.04 bits per heavy atom. The quantitative estimate of drug-likeness (QED) is 0.907. The Morgan fingerprint density at radius 2 is 1.52 bits per heavy atom. The first-order chi connectivity index (χ1) is 10.8. The standard InChI is InChI=1S/C15H11F3N2O3/c16-15(17,18)23-10-7-5-9(6-8-10)20-14(22)12-4-2-1-3-11(12)13(19)21/h1-8H,(H2,19,21)(H,20,22). The van der Waals surface area contributed by atoms with E-state index in [2.05, 4.69) is 10.1 Å². The van der Waals surface area contributed by atoms with Crippen LogP contribution in [0.4, 0.5) is 18.9 Å². The smallest absolute Gasteiger partial charge is 0.406 e. The number of carbonyl (C=O) groups excluding carboxylic acids is 2. The van der Waals surface area contributed by atoms with Crippen molar-refractivity contribution in [3.8, 4) is 5.75 Å². The van der Waals surface area contributed by atoms with Crippen LogP contribution in [0, 0.1) is 0 Å². The summed E-state index contributed by atoms with van der Waals surface area (Å²) >= 11 is 0. The van der Waals surface area contributed by atoms with Crippen LogP contribution < -0.4 is 15.8 Å². The molecule has 0 bridgehead atoms. The molecule has 8 heteroatoms. The van der Waals surface area contributed by atoms with Gasteiger partial charge in [0.05, 0.1) is 11.1 Å². The van der Waals surface area contributed by atoms with Crippen LogP contribution >= 0.6 is 0 Å². The van der Waals surface area contributed by atoms with Gasteiger partial charge in [0, 0.05) is 5.69 Å². The van der Waals surface area contributed by atoms with Crippen LogP contribution in [0.5, 0.6) is 5.75 Å². The van der Waals surface area contributed by atoms with E-state index in [9.17, 15) is 22.8 Å². The summed E-state index contributed by atoms with van der Waals surface area (Å²) in [5.41, 5.74) is 5.53. The largest absolute Gasteiger partial charge is 0.573 e. The van der Waals surface area contributed by atoms with Crippen molar-refractivity contribution in [1.82, 2.24) is 0 Å². The van der Waals surface area contributed by atoms with Crippen molar-refractivity contribution >= 4 is 17.5 Å². The molecule has 0 aliphatic heterocycles. The molecule has 0 saturated carbocycles. The highest BCUT2D eigenvalue weighted by atomic mass is 19.4. The Kier molecular flexibility index (Phi) is 4.54. The molecule has 0 spiro atoms. The number of primary amides is 1. The van der Waals surface area contributed by atoms with Crippen molar-refractivity contribution in [3.63, 3.8) is 0 Å². The topological polar surface area (TPSA) is 81.4 Å². The number of halogens is 3. The molecule has 0 saturated heterocycles. The van der Waals surface area contributed by atoms with Gasteiger partial charge in [-0.3, -0.25) is 9.59 Å². The second kappa shape index (κ2) is 6.39. The van der Waals surface area contributed by atoms with E-state index in [0.717, 1.165) is 12.1 Å². The van der Waals surface area contributed by atoms with Crippen LogP contribution in [0.25, 0.3) is 0 Å². The maximum atomic E-state index is 12.1. The number of benzene rings is 2. The van der Waals surface area contributed by atoms with E-state index in [1.54, 1.807) is 12.1 Å². The zero-order chi connectivity index (χ0) is 17.0. The predicted octanol–water partition coefficient (Wildman–Crippen LogP) is 2.94. The van der Waals surface area contributed by atoms with Crippen molar-refractivity contribution in [2.24, 2.45) is 5.73 Å². The highest BCUT2D eigenvalue weighted by Crippen LogP contribution is 2.24. The Balaban J connectivity index is 2.14. The number of nitrogens with one attached hydrogen (secondary N) is 1. The van der Waals surface area contributed by atoms with Gasteiger partial charge >= 0.3 is 6.36 Å². The molecule has 0 aromatic heterocycles. The first-order valence-corrected chi connectivity index (χ1v) is 6.32. The average Bonchev–Trinajstić information content (AvgIpc) is 2.47. The molecule has 0 fully saturated rings. The molecule has 0 aliphatic rings. The molecular formula is C15H11F3N2O3. The maximum Gasteiger partial charge on any atom is 0.573 e. The fraction of sp³-hybridized carbons (Fsp3) is 0.0667. The van der Waals surface area contributed by atoms with Crippen molar-refractivity contribution in [2.45, 2.75) is 6.36 Å². The number of alkyl halides is 3. The highest BCUT2D eigenvalue weighted by Gasteiger charge is 2.31. The molecule has 0 atom stereocenters. The molecule has 2 aromatic carbocycles. The number of ether oxygens (including phenoxy) is 1. The molecule has 0 unspecified atom stereocenters. The van der Waals surface area contributed by atoms with E-state index in [4.69, 9.17) is 5.73 Å². The third kappa shape index (κ3) is 4.47. The first-order valence-electron chi connectivity index (χ1n) is 6.32. The van der Waals surface area contributed by atoms with E-state index in [1.807, 2.05) is 0 Å². The second-order valence-electron chi connectivity index (χ2n) is 4.44. The molecule has 0 radical (unpaired) electrons. The zero-order valence-electron chi connectivity index (χ0n) is 11.6. The molecule has 3 N–H and O–H groups in total. The summed E-state index contributed by atoms with van der Waals surface area (Å²) in [6.07, 6.45) is -4.79. The minimum atomic E-state index is -4.79. The third-order valence-electron chi connectivity index (χ3n) is 2.78. The molecule has 2 amide bonds. The van der Waals surface area contributed by atoms with E-state index < -0.39 is 23.9 Å². The molecule has 2 aromatic rings. The van der Waals surface area contributed by atoms with Crippen molar-refractivity contribution in [3.05, 3.63) is 59.7 Å². The lowest BCUT2D eigenvalue weighted by atomic mass is 10.1. The predicted molar refractivity (Wildman–Crippen MR) is 76.0 cm³/mol. The number of rotatable bonds is 4. The van der Waals surface area contributed by atoms with Crippen LogP contribution in [0.15, 0.2) is 48.5 Å². The van der Waals surface area contributed by atoms with Gasteiger partial charge in [-0.15, -0.1) is 13.2 Å². The molecule has 5 nitrogen and oxygen atoms in total. The van der Waals surface area contributed by atoms with Crippen molar-refractivity contribution in [1.29, 1.82) is 0 Å². The van der Waals surface area contributed by atoms with Gasteiger partial charge in [0.2, 0.25) is 5.91 Å².